The molecule has 0 amide bonds. The third-order valence-electron chi connectivity index (χ3n) is 3.92. The van der Waals surface area contributed by atoms with Gasteiger partial charge in [0, 0.05) is 44.2 Å². The molecule has 0 radical (unpaired) electrons. The number of hydrogen-bond donors (Lipinski definition) is 1. The zero-order valence-electron chi connectivity index (χ0n) is 11.1. The van der Waals surface area contributed by atoms with Crippen LogP contribution in [0.25, 0.3) is 6.08 Å². The lowest BCUT2D eigenvalue weighted by Gasteiger charge is -2.48. The van der Waals surface area contributed by atoms with E-state index in [1.165, 1.54) is 0 Å². The molecule has 0 spiro atoms. The Kier molecular flexibility index (Phi) is 2.83. The lowest BCUT2D eigenvalue weighted by molar-refractivity contribution is -0.108. The number of anilines is 1. The van der Waals surface area contributed by atoms with Crippen LogP contribution in [-0.2, 0) is 15.1 Å². The Hall–Kier alpha value is -1.46. The van der Waals surface area contributed by atoms with E-state index in [0.717, 1.165) is 5.56 Å². The van der Waals surface area contributed by atoms with E-state index in [2.05, 4.69) is 16.9 Å². The van der Waals surface area contributed by atoms with Crippen molar-refractivity contribution in [3.63, 3.8) is 0 Å². The van der Waals surface area contributed by atoms with Gasteiger partial charge in [0.25, 0.3) is 0 Å². The van der Waals surface area contributed by atoms with Crippen molar-refractivity contribution in [1.29, 1.82) is 0 Å². The van der Waals surface area contributed by atoms with Crippen LogP contribution in [0, 0.1) is 0 Å². The first kappa shape index (κ1) is 12.6. The minimum atomic E-state index is -1.23. The van der Waals surface area contributed by atoms with E-state index in [9.17, 15) is 4.39 Å². The molecule has 3 heterocycles. The summed E-state index contributed by atoms with van der Waals surface area (Å²) in [7, 11) is 3.09. The molecule has 1 aliphatic carbocycles. The summed E-state index contributed by atoms with van der Waals surface area (Å²) in [5, 5.41) is 3.25. The van der Waals surface area contributed by atoms with Crippen LogP contribution >= 0.6 is 0 Å². The third kappa shape index (κ3) is 1.76. The molecule has 102 valence electrons. The number of alkyl halides is 1. The van der Waals surface area contributed by atoms with Gasteiger partial charge in [-0.1, -0.05) is 12.7 Å². The van der Waals surface area contributed by atoms with Crippen molar-refractivity contribution in [2.75, 3.05) is 19.5 Å². The van der Waals surface area contributed by atoms with Crippen LogP contribution in [0.15, 0.2) is 12.6 Å². The smallest absolute Gasteiger partial charge is 0.201 e. The van der Waals surface area contributed by atoms with Gasteiger partial charge in [0.15, 0.2) is 0 Å². The highest BCUT2D eigenvalue weighted by Crippen LogP contribution is 2.53. The molecule has 19 heavy (non-hydrogen) atoms. The number of rotatable bonds is 4. The number of nitrogens with one attached hydrogen (secondary N) is 1. The molecule has 5 heteroatoms. The predicted octanol–water partition coefficient (Wildman–Crippen LogP) is 2.77. The van der Waals surface area contributed by atoms with Gasteiger partial charge in [-0.15, -0.1) is 0 Å². The second kappa shape index (κ2) is 4.28. The molecular formula is C14H17FN2O2. The van der Waals surface area contributed by atoms with Gasteiger partial charge >= 0.3 is 0 Å². The monoisotopic (exact) mass is 264 g/mol. The van der Waals surface area contributed by atoms with Crippen LogP contribution in [0.1, 0.15) is 36.0 Å². The van der Waals surface area contributed by atoms with E-state index in [0.29, 0.717) is 29.9 Å². The second-order valence-corrected chi connectivity index (χ2v) is 5.08. The molecule has 1 fully saturated rings. The van der Waals surface area contributed by atoms with Crippen LogP contribution in [0.2, 0.25) is 0 Å². The lowest BCUT2D eigenvalue weighted by Crippen LogP contribution is -2.50. The average molecular weight is 264 g/mol. The van der Waals surface area contributed by atoms with Gasteiger partial charge in [-0.05, 0) is 6.07 Å². The van der Waals surface area contributed by atoms with Gasteiger partial charge in [-0.25, -0.2) is 9.37 Å². The highest BCUT2D eigenvalue weighted by molar-refractivity contribution is 5.62. The Morgan fingerprint density at radius 3 is 2.79 bits per heavy atom. The fourth-order valence-corrected chi connectivity index (χ4v) is 2.90. The highest BCUT2D eigenvalue weighted by atomic mass is 19.1. The number of hydrogen-bond acceptors (Lipinski definition) is 4. The van der Waals surface area contributed by atoms with Gasteiger partial charge in [-0.2, -0.15) is 0 Å². The summed E-state index contributed by atoms with van der Waals surface area (Å²) >= 11 is 0. The molecule has 0 saturated heterocycles. The third-order valence-corrected chi connectivity index (χ3v) is 3.92. The van der Waals surface area contributed by atoms with Crippen LogP contribution in [-0.4, -0.2) is 25.2 Å². The van der Waals surface area contributed by atoms with Crippen molar-refractivity contribution in [2.45, 2.75) is 30.8 Å². The van der Waals surface area contributed by atoms with E-state index >= 15 is 0 Å². The van der Waals surface area contributed by atoms with Crippen molar-refractivity contribution < 1.29 is 13.9 Å². The zero-order valence-corrected chi connectivity index (χ0v) is 11.1. The largest absolute Gasteiger partial charge is 0.367 e. The molecule has 4 rings (SSSR count). The quantitative estimate of drug-likeness (QED) is 0.849. The molecule has 1 N–H and O–H groups in total. The summed E-state index contributed by atoms with van der Waals surface area (Å²) in [6.07, 6.45) is 2.13. The molecule has 2 bridgehead atoms. The molecule has 0 atom stereocenters. The van der Waals surface area contributed by atoms with Gasteiger partial charge < -0.3 is 14.8 Å². The summed E-state index contributed by atoms with van der Waals surface area (Å²) < 4.78 is 25.0. The minimum absolute atomic E-state index is 0.191. The Morgan fingerprint density at radius 2 is 2.21 bits per heavy atom. The van der Waals surface area contributed by atoms with Gasteiger partial charge in [0.2, 0.25) is 6.29 Å². The van der Waals surface area contributed by atoms with E-state index in [4.69, 9.17) is 9.47 Å². The zero-order chi connectivity index (χ0) is 13.6. The van der Waals surface area contributed by atoms with Crippen LogP contribution in [0.3, 0.4) is 0 Å². The van der Waals surface area contributed by atoms with Crippen LogP contribution in [0.4, 0.5) is 10.2 Å². The second-order valence-electron chi connectivity index (χ2n) is 5.08. The number of nitrogens with zero attached hydrogens (tertiary/aromatic N) is 1. The van der Waals surface area contributed by atoms with Crippen molar-refractivity contribution in [3.8, 4) is 0 Å². The molecule has 0 aromatic carbocycles. The molecule has 1 aromatic heterocycles. The highest BCUT2D eigenvalue weighted by Gasteiger charge is 2.52. The topological polar surface area (TPSA) is 43.4 Å². The van der Waals surface area contributed by atoms with Gasteiger partial charge in [-0.3, -0.25) is 0 Å². The SMILES string of the molecule is C=Cc1cc2c(nc1C(OC)OC)NC1CC2(F)C1. The standard InChI is InChI=1S/C14H17FN2O2/c1-4-8-5-10-12(16-9-6-14(10,15)7-9)17-11(8)13(18-2)19-3/h4-5,9,13H,1,6-7H2,2-3H3,(H,16,17). The summed E-state index contributed by atoms with van der Waals surface area (Å²) in [5.41, 5.74) is 0.761. The Labute approximate surface area is 111 Å². The molecule has 2 aliphatic heterocycles. The summed E-state index contributed by atoms with van der Waals surface area (Å²) in [5.74, 6) is 0.602. The molecule has 0 unspecified atom stereocenters. The average Bonchev–Trinajstić information content (AvgIpc) is 2.38. The van der Waals surface area contributed by atoms with Crippen molar-refractivity contribution >= 4 is 11.9 Å². The van der Waals surface area contributed by atoms with Gasteiger partial charge in [0.05, 0.1) is 0 Å². The molecule has 3 aliphatic rings. The number of ether oxygens (including phenoxy) is 2. The first-order chi connectivity index (χ1) is 9.11. The van der Waals surface area contributed by atoms with E-state index in [-0.39, 0.29) is 6.04 Å². The summed E-state index contributed by atoms with van der Waals surface area (Å²) in [6.45, 7) is 3.76. The predicted molar refractivity (Wildman–Crippen MR) is 70.5 cm³/mol. The Morgan fingerprint density at radius 1 is 1.53 bits per heavy atom. The van der Waals surface area contributed by atoms with Crippen molar-refractivity contribution in [1.82, 2.24) is 4.98 Å². The van der Waals surface area contributed by atoms with E-state index < -0.39 is 12.0 Å². The van der Waals surface area contributed by atoms with Crippen LogP contribution in [0.5, 0.6) is 0 Å². The maximum atomic E-state index is 14.6. The van der Waals surface area contributed by atoms with Crippen molar-refractivity contribution in [3.05, 3.63) is 29.5 Å². The Balaban J connectivity index is 2.11. The lowest BCUT2D eigenvalue weighted by atomic mass is 9.69. The Bertz CT molecular complexity index is 522. The van der Waals surface area contributed by atoms with E-state index in [1.807, 2.05) is 0 Å². The van der Waals surface area contributed by atoms with E-state index in [1.54, 1.807) is 26.4 Å². The first-order valence-corrected chi connectivity index (χ1v) is 6.30. The van der Waals surface area contributed by atoms with Gasteiger partial charge in [0.1, 0.15) is 17.2 Å². The minimum Gasteiger partial charge on any atom is -0.367 e. The summed E-state index contributed by atoms with van der Waals surface area (Å²) in [6, 6.07) is 1.99. The fourth-order valence-electron chi connectivity index (χ4n) is 2.90. The number of aromatic nitrogens is 1. The maximum Gasteiger partial charge on any atom is 0.201 e. The normalized spacial score (nSPS) is 27.5. The molecular weight excluding hydrogens is 247 g/mol. The molecule has 1 aromatic rings. The van der Waals surface area contributed by atoms with Crippen LogP contribution < -0.4 is 5.32 Å². The maximum absolute atomic E-state index is 14.6. The number of halogens is 1. The molecule has 4 nitrogen and oxygen atoms in total. The fraction of sp³-hybridized carbons (Fsp3) is 0.500. The van der Waals surface area contributed by atoms with Crippen molar-refractivity contribution in [2.24, 2.45) is 0 Å². The molecule has 1 saturated carbocycles. The number of pyridine rings is 1. The summed E-state index contributed by atoms with van der Waals surface area (Å²) in [4.78, 5) is 4.48. The first-order valence-electron chi connectivity index (χ1n) is 6.30. The number of methoxy groups -OCH3 is 2.